The quantitative estimate of drug-likeness (QED) is 0.342. The number of aliphatic hydroxyl groups is 1. The number of aliphatic hydroxyl groups excluding tert-OH is 1. The average Bonchev–Trinajstić information content (AvgIpc) is 3.20. The van der Waals surface area contributed by atoms with Crippen molar-refractivity contribution in [3.8, 4) is 5.75 Å². The Bertz CT molecular complexity index is 1500. The summed E-state index contributed by atoms with van der Waals surface area (Å²) in [6.45, 7) is 1.69. The third kappa shape index (κ3) is 4.08. The van der Waals surface area contributed by atoms with Gasteiger partial charge in [-0.05, 0) is 73.7 Å². The third-order valence-electron chi connectivity index (χ3n) is 8.22. The molecular weight excluding hydrogens is 518 g/mol. The predicted molar refractivity (Wildman–Crippen MR) is 144 cm³/mol. The maximum Gasteiger partial charge on any atom is 0.238 e. The van der Waals surface area contributed by atoms with E-state index in [1.807, 2.05) is 18.2 Å². The number of halogens is 1. The zero-order valence-corrected chi connectivity index (χ0v) is 22.0. The van der Waals surface area contributed by atoms with Gasteiger partial charge < -0.3 is 9.84 Å². The third-order valence-corrected chi connectivity index (χ3v) is 8.47. The van der Waals surface area contributed by atoms with Crippen LogP contribution in [0.25, 0.3) is 0 Å². The Balaban J connectivity index is 1.43. The summed E-state index contributed by atoms with van der Waals surface area (Å²) in [5.74, 6) is -2.45. The number of hydrogen-bond donors (Lipinski definition) is 1. The van der Waals surface area contributed by atoms with Gasteiger partial charge in [0.1, 0.15) is 12.4 Å². The van der Waals surface area contributed by atoms with Crippen molar-refractivity contribution in [1.82, 2.24) is 0 Å². The van der Waals surface area contributed by atoms with Gasteiger partial charge in [0, 0.05) is 27.7 Å². The van der Waals surface area contributed by atoms with Crippen molar-refractivity contribution in [3.05, 3.63) is 93.6 Å². The molecule has 7 nitrogen and oxygen atoms in total. The summed E-state index contributed by atoms with van der Waals surface area (Å²) in [6.07, 6.45) is 3.98. The molecule has 0 unspecified atom stereocenters. The van der Waals surface area contributed by atoms with E-state index in [9.17, 15) is 19.2 Å². The molecular formula is C31H26ClNO6. The largest absolute Gasteiger partial charge is 0.491 e. The zero-order chi connectivity index (χ0) is 27.4. The highest BCUT2D eigenvalue weighted by Crippen LogP contribution is 2.55. The Morgan fingerprint density at radius 1 is 0.974 bits per heavy atom. The molecule has 4 aliphatic rings. The maximum absolute atomic E-state index is 13.9. The standard InChI is InChI=1S/C31H26ClNO6/c1-16-14-25(35)24-15-23-21(26(28(24)29(16)36)17-2-8-20(9-3-17)39-13-12-34)10-11-22-27(23)31(38)33(30(22)37)19-6-4-18(32)5-7-19/h2-10,14,22-23,26-27,34H,11-13,15H2,1H3/t22-,23+,26-,27-/m0/s1. The highest BCUT2D eigenvalue weighted by molar-refractivity contribution is 6.31. The first-order valence-corrected chi connectivity index (χ1v) is 13.3. The molecule has 198 valence electrons. The van der Waals surface area contributed by atoms with Gasteiger partial charge in [-0.1, -0.05) is 35.4 Å². The molecule has 0 radical (unpaired) electrons. The molecule has 0 spiro atoms. The van der Waals surface area contributed by atoms with Crippen molar-refractivity contribution in [1.29, 1.82) is 0 Å². The van der Waals surface area contributed by atoms with Gasteiger partial charge in [0.25, 0.3) is 0 Å². The van der Waals surface area contributed by atoms with Gasteiger partial charge in [0.05, 0.1) is 24.1 Å². The lowest BCUT2D eigenvalue weighted by molar-refractivity contribution is -0.123. The van der Waals surface area contributed by atoms with Crippen LogP contribution in [0.1, 0.15) is 31.2 Å². The summed E-state index contributed by atoms with van der Waals surface area (Å²) in [5, 5.41) is 9.57. The van der Waals surface area contributed by atoms with E-state index in [2.05, 4.69) is 0 Å². The normalized spacial score (nSPS) is 26.2. The Kier molecular flexibility index (Phi) is 6.36. The van der Waals surface area contributed by atoms with Crippen LogP contribution in [0.3, 0.4) is 0 Å². The summed E-state index contributed by atoms with van der Waals surface area (Å²) in [7, 11) is 0. The molecule has 2 amide bonds. The van der Waals surface area contributed by atoms with Crippen LogP contribution in [-0.2, 0) is 19.2 Å². The van der Waals surface area contributed by atoms with E-state index < -0.39 is 23.7 Å². The molecule has 8 heteroatoms. The molecule has 2 aromatic carbocycles. The Hall–Kier alpha value is -3.81. The first-order valence-electron chi connectivity index (χ1n) is 13.0. The van der Waals surface area contributed by atoms with Crippen LogP contribution in [0, 0.1) is 17.8 Å². The molecule has 1 fully saturated rings. The Labute approximate surface area is 230 Å². The number of carbonyl (C=O) groups excluding carboxylic acids is 4. The minimum absolute atomic E-state index is 0.111. The smallest absolute Gasteiger partial charge is 0.238 e. The summed E-state index contributed by atoms with van der Waals surface area (Å²) in [6, 6.07) is 13.8. The number of nitrogens with zero attached hydrogens (tertiary/aromatic N) is 1. The zero-order valence-electron chi connectivity index (χ0n) is 21.2. The van der Waals surface area contributed by atoms with E-state index in [1.54, 1.807) is 43.3 Å². The fraction of sp³-hybridized carbons (Fsp3) is 0.290. The topological polar surface area (TPSA) is 101 Å². The molecule has 4 atom stereocenters. The number of amides is 2. The number of ketones is 2. The second kappa shape index (κ2) is 9.74. The van der Waals surface area contributed by atoms with Crippen LogP contribution in [0.4, 0.5) is 5.69 Å². The van der Waals surface area contributed by atoms with Gasteiger partial charge in [-0.15, -0.1) is 0 Å². The highest BCUT2D eigenvalue weighted by atomic mass is 35.5. The lowest BCUT2D eigenvalue weighted by Crippen LogP contribution is -2.39. The molecule has 1 heterocycles. The molecule has 0 saturated carbocycles. The summed E-state index contributed by atoms with van der Waals surface area (Å²) < 4.78 is 5.51. The molecule has 1 saturated heterocycles. The fourth-order valence-electron chi connectivity index (χ4n) is 6.51. The Morgan fingerprint density at radius 3 is 2.38 bits per heavy atom. The number of benzene rings is 2. The lowest BCUT2D eigenvalue weighted by Gasteiger charge is -2.42. The van der Waals surface area contributed by atoms with Gasteiger partial charge in [-0.3, -0.25) is 24.1 Å². The molecule has 6 rings (SSSR count). The minimum atomic E-state index is -0.633. The van der Waals surface area contributed by atoms with Gasteiger partial charge >= 0.3 is 0 Å². The predicted octanol–water partition coefficient (Wildman–Crippen LogP) is 4.35. The lowest BCUT2D eigenvalue weighted by atomic mass is 9.59. The number of imide groups is 1. The van der Waals surface area contributed by atoms with Gasteiger partial charge in [0.2, 0.25) is 11.8 Å². The molecule has 1 N–H and O–H groups in total. The van der Waals surface area contributed by atoms with E-state index in [-0.39, 0.29) is 43.0 Å². The number of ether oxygens (including phenoxy) is 1. The summed E-state index contributed by atoms with van der Waals surface area (Å²) in [4.78, 5) is 55.3. The van der Waals surface area contributed by atoms with Crippen LogP contribution in [0.15, 0.2) is 83.0 Å². The number of Topliss-reactive ketones (excluding diaryl/α,β-unsaturated/α-hetero) is 1. The van der Waals surface area contributed by atoms with E-state index in [1.165, 1.54) is 11.0 Å². The summed E-state index contributed by atoms with van der Waals surface area (Å²) >= 11 is 6.03. The van der Waals surface area contributed by atoms with Crippen LogP contribution in [0.2, 0.25) is 5.02 Å². The SMILES string of the molecule is CC1=CC(=O)C2=C(C1=O)[C@@H](c1ccc(OCCO)cc1)C1=CC[C@@H]3C(=O)N(c4ccc(Cl)cc4)C(=O)[C@@H]3[C@@H]1C2. The van der Waals surface area contributed by atoms with Crippen LogP contribution in [-0.4, -0.2) is 41.7 Å². The van der Waals surface area contributed by atoms with E-state index >= 15 is 0 Å². The second-order valence-electron chi connectivity index (χ2n) is 10.4. The van der Waals surface area contributed by atoms with Crippen molar-refractivity contribution in [3.63, 3.8) is 0 Å². The van der Waals surface area contributed by atoms with Gasteiger partial charge in [-0.25, -0.2) is 0 Å². The monoisotopic (exact) mass is 543 g/mol. The molecule has 3 aliphatic carbocycles. The molecule has 0 aromatic heterocycles. The van der Waals surface area contributed by atoms with E-state index in [0.29, 0.717) is 39.6 Å². The number of fused-ring (bicyclic) bond motifs is 3. The first-order chi connectivity index (χ1) is 18.8. The van der Waals surface area contributed by atoms with Crippen LogP contribution in [0.5, 0.6) is 5.75 Å². The molecule has 0 bridgehead atoms. The van der Waals surface area contributed by atoms with Crippen molar-refractivity contribution >= 4 is 40.7 Å². The summed E-state index contributed by atoms with van der Waals surface area (Å²) in [5.41, 5.74) is 3.43. The number of hydrogen-bond acceptors (Lipinski definition) is 6. The fourth-order valence-corrected chi connectivity index (χ4v) is 6.63. The van der Waals surface area contributed by atoms with Crippen molar-refractivity contribution in [2.75, 3.05) is 18.1 Å². The molecule has 39 heavy (non-hydrogen) atoms. The minimum Gasteiger partial charge on any atom is -0.491 e. The van der Waals surface area contributed by atoms with Crippen LogP contribution >= 0.6 is 11.6 Å². The van der Waals surface area contributed by atoms with Crippen molar-refractivity contribution in [2.24, 2.45) is 17.8 Å². The highest BCUT2D eigenvalue weighted by Gasteiger charge is 2.56. The van der Waals surface area contributed by atoms with Gasteiger partial charge in [-0.2, -0.15) is 0 Å². The van der Waals surface area contributed by atoms with Gasteiger partial charge in [0.15, 0.2) is 11.6 Å². The van der Waals surface area contributed by atoms with Crippen LogP contribution < -0.4 is 9.64 Å². The Morgan fingerprint density at radius 2 is 1.69 bits per heavy atom. The number of allylic oxidation sites excluding steroid dienone is 6. The molecule has 1 aliphatic heterocycles. The number of anilines is 1. The van der Waals surface area contributed by atoms with E-state index in [4.69, 9.17) is 21.4 Å². The van der Waals surface area contributed by atoms with Crippen molar-refractivity contribution < 1.29 is 29.0 Å². The number of rotatable bonds is 5. The van der Waals surface area contributed by atoms with Crippen molar-refractivity contribution in [2.45, 2.75) is 25.7 Å². The average molecular weight is 544 g/mol. The van der Waals surface area contributed by atoms with E-state index in [0.717, 1.165) is 11.1 Å². The molecule has 2 aromatic rings. The number of carbonyl (C=O) groups is 4. The first kappa shape index (κ1) is 25.5. The maximum atomic E-state index is 13.9. The second-order valence-corrected chi connectivity index (χ2v) is 10.8.